The van der Waals surface area contributed by atoms with Gasteiger partial charge in [-0.3, -0.25) is 4.79 Å². The van der Waals surface area contributed by atoms with Gasteiger partial charge < -0.3 is 9.64 Å². The number of esters is 1. The van der Waals surface area contributed by atoms with Crippen molar-refractivity contribution in [3.05, 3.63) is 16.3 Å². The first-order valence-corrected chi connectivity index (χ1v) is 7.80. The minimum absolute atomic E-state index is 0.00894. The molecule has 9 heteroatoms. The molecule has 1 aromatic heterocycles. The first-order chi connectivity index (χ1) is 8.82. The largest absolute Gasteiger partial charge is 0.465 e. The summed E-state index contributed by atoms with van der Waals surface area (Å²) < 4.78 is 27.1. The number of amides is 1. The van der Waals surface area contributed by atoms with Gasteiger partial charge in [0.15, 0.2) is 0 Å². The first-order valence-electron chi connectivity index (χ1n) is 5.31. The normalized spacial score (nSPS) is 19.8. The fraction of sp³-hybridized carbons (Fsp3) is 0.400. The summed E-state index contributed by atoms with van der Waals surface area (Å²) in [4.78, 5) is 24.8. The molecular formula is C10H12N2O5S2. The number of carbonyl (C=O) groups is 2. The minimum Gasteiger partial charge on any atom is -0.465 e. The molecular weight excluding hydrogens is 292 g/mol. The average molecular weight is 304 g/mol. The van der Waals surface area contributed by atoms with E-state index in [0.717, 1.165) is 11.3 Å². The van der Waals surface area contributed by atoms with Crippen LogP contribution in [0.2, 0.25) is 0 Å². The van der Waals surface area contributed by atoms with E-state index < -0.39 is 21.2 Å². The SMILES string of the molecule is COC(=O)c1cc(N2CC(S(N)(=O)=O)CC2=O)cs1. The summed E-state index contributed by atoms with van der Waals surface area (Å²) in [6.07, 6.45) is -0.137. The van der Waals surface area contributed by atoms with Crippen LogP contribution in [-0.4, -0.2) is 39.2 Å². The van der Waals surface area contributed by atoms with Crippen molar-refractivity contribution in [3.8, 4) is 0 Å². The predicted molar refractivity (Wildman–Crippen MR) is 69.5 cm³/mol. The summed E-state index contributed by atoms with van der Waals surface area (Å²) >= 11 is 1.13. The molecule has 1 saturated heterocycles. The van der Waals surface area contributed by atoms with E-state index >= 15 is 0 Å². The lowest BCUT2D eigenvalue weighted by molar-refractivity contribution is -0.117. The summed E-state index contributed by atoms with van der Waals surface area (Å²) in [7, 11) is -2.48. The third-order valence-corrected chi connectivity index (χ3v) is 4.98. The van der Waals surface area contributed by atoms with Crippen molar-refractivity contribution in [2.45, 2.75) is 11.7 Å². The Balaban J connectivity index is 2.21. The number of carbonyl (C=O) groups excluding carboxylic acids is 2. The zero-order valence-corrected chi connectivity index (χ0v) is 11.7. The Kier molecular flexibility index (Phi) is 3.61. The molecule has 2 heterocycles. The van der Waals surface area contributed by atoms with Gasteiger partial charge in [0, 0.05) is 18.3 Å². The Bertz CT molecular complexity index is 622. The Morgan fingerprint density at radius 3 is 2.79 bits per heavy atom. The quantitative estimate of drug-likeness (QED) is 0.787. The summed E-state index contributed by atoms with van der Waals surface area (Å²) in [5, 5.41) is 5.75. The van der Waals surface area contributed by atoms with Crippen molar-refractivity contribution >= 4 is 38.9 Å². The molecule has 2 rings (SSSR count). The molecule has 1 aliphatic rings. The van der Waals surface area contributed by atoms with Crippen LogP contribution in [0.5, 0.6) is 0 Å². The maximum Gasteiger partial charge on any atom is 0.348 e. The highest BCUT2D eigenvalue weighted by Gasteiger charge is 2.37. The molecule has 1 fully saturated rings. The summed E-state index contributed by atoms with van der Waals surface area (Å²) in [5.41, 5.74) is 0.488. The zero-order valence-electron chi connectivity index (χ0n) is 10.0. The number of hydrogen-bond donors (Lipinski definition) is 1. The molecule has 19 heavy (non-hydrogen) atoms. The molecule has 1 unspecified atom stereocenters. The Labute approximate surface area is 114 Å². The number of ether oxygens (including phenoxy) is 1. The number of rotatable bonds is 3. The highest BCUT2D eigenvalue weighted by atomic mass is 32.2. The van der Waals surface area contributed by atoms with E-state index in [-0.39, 0.29) is 18.9 Å². The number of methoxy groups -OCH3 is 1. The van der Waals surface area contributed by atoms with Crippen molar-refractivity contribution in [1.82, 2.24) is 0 Å². The molecule has 0 radical (unpaired) electrons. The van der Waals surface area contributed by atoms with E-state index in [1.54, 1.807) is 5.38 Å². The zero-order chi connectivity index (χ0) is 14.2. The van der Waals surface area contributed by atoms with Gasteiger partial charge in [-0.05, 0) is 6.07 Å². The van der Waals surface area contributed by atoms with Crippen LogP contribution in [-0.2, 0) is 19.6 Å². The predicted octanol–water partition coefficient (Wildman–Crippen LogP) is -0.0715. The minimum atomic E-state index is -3.74. The lowest BCUT2D eigenvalue weighted by Gasteiger charge is -2.13. The van der Waals surface area contributed by atoms with Gasteiger partial charge in [0.05, 0.1) is 12.8 Å². The molecule has 7 nitrogen and oxygen atoms in total. The van der Waals surface area contributed by atoms with E-state index in [1.165, 1.54) is 18.1 Å². The topological polar surface area (TPSA) is 107 Å². The molecule has 2 N–H and O–H groups in total. The van der Waals surface area contributed by atoms with Gasteiger partial charge in [0.1, 0.15) is 10.1 Å². The molecule has 1 aromatic rings. The van der Waals surface area contributed by atoms with Crippen LogP contribution in [0, 0.1) is 0 Å². The Morgan fingerprint density at radius 1 is 1.58 bits per heavy atom. The fourth-order valence-electron chi connectivity index (χ4n) is 1.82. The molecule has 1 amide bonds. The van der Waals surface area contributed by atoms with Gasteiger partial charge in [-0.15, -0.1) is 11.3 Å². The first kappa shape index (κ1) is 14.0. The van der Waals surface area contributed by atoms with Crippen molar-refractivity contribution in [2.75, 3.05) is 18.6 Å². The van der Waals surface area contributed by atoms with Crippen LogP contribution < -0.4 is 10.0 Å². The molecule has 0 saturated carbocycles. The van der Waals surface area contributed by atoms with E-state index in [1.807, 2.05) is 0 Å². The number of nitrogens with two attached hydrogens (primary N) is 1. The number of nitrogens with zero attached hydrogens (tertiary/aromatic N) is 1. The maximum absolute atomic E-state index is 11.8. The van der Waals surface area contributed by atoms with E-state index in [9.17, 15) is 18.0 Å². The number of primary sulfonamides is 1. The van der Waals surface area contributed by atoms with Crippen LogP contribution >= 0.6 is 11.3 Å². The van der Waals surface area contributed by atoms with Crippen LogP contribution in [0.4, 0.5) is 5.69 Å². The summed E-state index contributed by atoms with van der Waals surface area (Å²) in [5.74, 6) is -0.820. The second-order valence-corrected chi connectivity index (χ2v) is 6.84. The molecule has 0 spiro atoms. The van der Waals surface area contributed by atoms with Gasteiger partial charge in [-0.1, -0.05) is 0 Å². The smallest absolute Gasteiger partial charge is 0.348 e. The van der Waals surface area contributed by atoms with Crippen molar-refractivity contribution in [1.29, 1.82) is 0 Å². The van der Waals surface area contributed by atoms with Crippen LogP contribution in [0.1, 0.15) is 16.1 Å². The van der Waals surface area contributed by atoms with Crippen molar-refractivity contribution < 1.29 is 22.7 Å². The fourth-order valence-corrected chi connectivity index (χ4v) is 3.36. The van der Waals surface area contributed by atoms with E-state index in [2.05, 4.69) is 4.74 Å². The summed E-state index contributed by atoms with van der Waals surface area (Å²) in [6, 6.07) is 1.50. The maximum atomic E-state index is 11.8. The Hall–Kier alpha value is -1.45. The second-order valence-electron chi connectivity index (χ2n) is 4.08. The summed E-state index contributed by atoms with van der Waals surface area (Å²) in [6.45, 7) is 0.00894. The van der Waals surface area contributed by atoms with Crippen molar-refractivity contribution in [2.24, 2.45) is 5.14 Å². The number of hydrogen-bond acceptors (Lipinski definition) is 6. The van der Waals surface area contributed by atoms with E-state index in [4.69, 9.17) is 5.14 Å². The van der Waals surface area contributed by atoms with Gasteiger partial charge in [0.25, 0.3) is 0 Å². The standard InChI is InChI=1S/C10H12N2O5S2/c1-17-10(14)8-2-6(5-18-8)12-4-7(3-9(12)13)19(11,15)16/h2,5,7H,3-4H2,1H3,(H2,11,15,16). The van der Waals surface area contributed by atoms with Crippen LogP contribution in [0.15, 0.2) is 11.4 Å². The third-order valence-electron chi connectivity index (χ3n) is 2.84. The highest BCUT2D eigenvalue weighted by molar-refractivity contribution is 7.89. The number of thiophene rings is 1. The monoisotopic (exact) mass is 304 g/mol. The van der Waals surface area contributed by atoms with Gasteiger partial charge in [-0.2, -0.15) is 0 Å². The lowest BCUT2D eigenvalue weighted by atomic mass is 10.4. The molecule has 104 valence electrons. The number of sulfonamides is 1. The van der Waals surface area contributed by atoms with Crippen LogP contribution in [0.25, 0.3) is 0 Å². The Morgan fingerprint density at radius 2 is 2.26 bits per heavy atom. The molecule has 1 aliphatic heterocycles. The van der Waals surface area contributed by atoms with Gasteiger partial charge in [-0.25, -0.2) is 18.4 Å². The number of anilines is 1. The average Bonchev–Trinajstić information content (AvgIpc) is 2.93. The van der Waals surface area contributed by atoms with Gasteiger partial charge >= 0.3 is 5.97 Å². The lowest BCUT2D eigenvalue weighted by Crippen LogP contribution is -2.31. The van der Waals surface area contributed by atoms with Crippen molar-refractivity contribution in [3.63, 3.8) is 0 Å². The third kappa shape index (κ3) is 2.77. The van der Waals surface area contributed by atoms with E-state index in [0.29, 0.717) is 10.6 Å². The van der Waals surface area contributed by atoms with Gasteiger partial charge in [0.2, 0.25) is 15.9 Å². The second kappa shape index (κ2) is 4.91. The molecule has 1 atom stereocenters. The molecule has 0 aromatic carbocycles. The van der Waals surface area contributed by atoms with Crippen LogP contribution in [0.3, 0.4) is 0 Å². The molecule has 0 aliphatic carbocycles. The highest BCUT2D eigenvalue weighted by Crippen LogP contribution is 2.29. The molecule has 0 bridgehead atoms.